The molecule has 6 aromatic carbocycles. The van der Waals surface area contributed by atoms with Crippen LogP contribution in [0.25, 0.3) is 0 Å². The van der Waals surface area contributed by atoms with Gasteiger partial charge in [-0.2, -0.15) is 0 Å². The fourth-order valence-corrected chi connectivity index (χ4v) is 10.8. The monoisotopic (exact) mass is 1790 g/mol. The zero-order valence-corrected chi connectivity index (χ0v) is 80.9. The van der Waals surface area contributed by atoms with E-state index in [4.69, 9.17) is 63.1 Å². The average Bonchev–Trinajstić information content (AvgIpc) is 0.850. The highest BCUT2D eigenvalue weighted by molar-refractivity contribution is 6.17. The molecule has 0 aliphatic carbocycles. The Morgan fingerprint density at radius 1 is 0.258 bits per heavy atom. The third-order valence-corrected chi connectivity index (χ3v) is 22.4. The van der Waals surface area contributed by atoms with E-state index in [1.54, 1.807) is 97.6 Å². The number of ether oxygens (including phenoxy) is 6. The highest BCUT2D eigenvalue weighted by Crippen LogP contribution is 2.29. The number of rotatable bonds is 24. The molecular formula is C106H136Cl2N6O14+4. The fourth-order valence-electron chi connectivity index (χ4n) is 10.5. The van der Waals surface area contributed by atoms with Crippen molar-refractivity contribution >= 4 is 70.8 Å². The minimum absolute atomic E-state index is 0.0499. The molecule has 22 heteroatoms. The van der Waals surface area contributed by atoms with Crippen LogP contribution in [0.1, 0.15) is 282 Å². The van der Waals surface area contributed by atoms with Gasteiger partial charge in [-0.3, -0.25) is 9.59 Å². The molecule has 684 valence electrons. The number of benzene rings is 6. The summed E-state index contributed by atoms with van der Waals surface area (Å²) in [7, 11) is 0. The van der Waals surface area contributed by atoms with E-state index in [9.17, 15) is 38.4 Å². The van der Waals surface area contributed by atoms with Gasteiger partial charge in [0.1, 0.15) is 36.6 Å². The van der Waals surface area contributed by atoms with Gasteiger partial charge in [0.25, 0.3) is 0 Å². The van der Waals surface area contributed by atoms with Crippen molar-refractivity contribution in [2.45, 2.75) is 241 Å². The van der Waals surface area contributed by atoms with Crippen molar-refractivity contribution in [3.05, 3.63) is 334 Å². The van der Waals surface area contributed by atoms with Gasteiger partial charge in [-0.15, -0.1) is 23.2 Å². The summed E-state index contributed by atoms with van der Waals surface area (Å²) < 4.78 is 41.0. The van der Waals surface area contributed by atoms with E-state index in [2.05, 4.69) is 46.1 Å². The molecule has 10 aromatic rings. The van der Waals surface area contributed by atoms with Crippen molar-refractivity contribution in [3.63, 3.8) is 0 Å². The predicted molar refractivity (Wildman–Crippen MR) is 504 cm³/mol. The number of pyridine rings is 4. The molecule has 2 amide bonds. The Morgan fingerprint density at radius 3 is 0.820 bits per heavy atom. The molecule has 0 unspecified atom stereocenters. The first kappa shape index (κ1) is 107. The van der Waals surface area contributed by atoms with Crippen LogP contribution in [0.2, 0.25) is 0 Å². The van der Waals surface area contributed by atoms with Crippen molar-refractivity contribution in [1.82, 2.24) is 0 Å². The highest BCUT2D eigenvalue weighted by Gasteiger charge is 2.31. The van der Waals surface area contributed by atoms with E-state index in [0.29, 0.717) is 75.9 Å². The molecule has 0 aliphatic heterocycles. The Bertz CT molecular complexity index is 5200. The number of primary amides is 2. The summed E-state index contributed by atoms with van der Waals surface area (Å²) >= 11 is 11.4. The van der Waals surface area contributed by atoms with E-state index in [1.165, 1.54) is 0 Å². The van der Waals surface area contributed by atoms with Crippen LogP contribution in [0, 0.1) is 32.5 Å². The summed E-state index contributed by atoms with van der Waals surface area (Å²) in [5.74, 6) is -1.77. The molecule has 0 aliphatic rings. The predicted octanol–water partition coefficient (Wildman–Crippen LogP) is 20.7. The maximum Gasteiger partial charge on any atom is 0.338 e. The van der Waals surface area contributed by atoms with Crippen LogP contribution in [-0.2, 0) is 66.4 Å². The van der Waals surface area contributed by atoms with Gasteiger partial charge in [0.15, 0.2) is 75.8 Å². The van der Waals surface area contributed by atoms with Crippen LogP contribution in [0.3, 0.4) is 0 Å². The van der Waals surface area contributed by atoms with Crippen molar-refractivity contribution < 1.29 is 85.0 Å². The lowest BCUT2D eigenvalue weighted by Crippen LogP contribution is -2.34. The number of hydrogen-bond donors (Lipinski definition) is 2. The van der Waals surface area contributed by atoms with Crippen LogP contribution >= 0.6 is 23.2 Å². The molecule has 0 bridgehead atoms. The van der Waals surface area contributed by atoms with Gasteiger partial charge < -0.3 is 39.9 Å². The van der Waals surface area contributed by atoms with Gasteiger partial charge >= 0.3 is 35.8 Å². The normalized spacial score (nSPS) is 12.8. The number of nitrogens with zero attached hydrogens (tertiary/aromatic N) is 4. The molecule has 0 radical (unpaired) electrons. The number of alkyl halides is 2. The largest absolute Gasteiger partial charge is 0.459 e. The summed E-state index contributed by atoms with van der Waals surface area (Å²) in [5, 5.41) is 0. The van der Waals surface area contributed by atoms with E-state index >= 15 is 0 Å². The third kappa shape index (κ3) is 37.7. The standard InChI is InChI=1S/2C20H24N2O3.2C19H24NO2.2C14H19ClO2/c1-14(20(2,3)4)25-19(24)17-7-5-15(6-8-17)13-22-11-9-16(10-12-22)18(21)23;1-14(20(2,3)4)25-19(24)17-7-5-6-15(12-17)13-22-10-8-16(9-11-22)18(21)23;1-15(19(2,3)4)22-18(21)17-11-7-6-10-16(17)14-20-12-8-5-9-13-20;1-15(19(2,3)4)22-18(21)17-10-8-9-16(13-17)14-20-11-6-5-7-12-20;1-10(14(2,3)4)17-13(16)12-7-5-11(9-15)6-8-12;1-10(14(2,3)4)17-13(16)12-7-5-6-11(8-12)9-15/h2*5-12,14H,13H2,1-4H3,(H-,21,23);2*5-13,15H,14H2,1-4H3;2*5-8,10H,9H2,1-4H3/q;;2*+1;;/p+2/t2*14-;2*15-;2*10-/m111111/s1. The molecule has 4 heterocycles. The van der Waals surface area contributed by atoms with Gasteiger partial charge in [-0.1, -0.05) is 216 Å². The molecule has 128 heavy (non-hydrogen) atoms. The molecular weight excluding hydrogens is 1650 g/mol. The van der Waals surface area contributed by atoms with E-state index < -0.39 is 11.8 Å². The maximum atomic E-state index is 12.5. The molecule has 4 aromatic heterocycles. The number of carbonyl (C=O) groups is 8. The second-order valence-electron chi connectivity index (χ2n) is 38.2. The average molecular weight is 1790 g/mol. The Hall–Kier alpha value is -11.7. The maximum absolute atomic E-state index is 12.5. The second-order valence-corrected chi connectivity index (χ2v) is 38.8. The van der Waals surface area contributed by atoms with Crippen LogP contribution in [0.4, 0.5) is 0 Å². The van der Waals surface area contributed by atoms with Crippen molar-refractivity contribution in [3.8, 4) is 0 Å². The number of carbonyl (C=O) groups excluding carboxylic acids is 8. The first-order valence-electron chi connectivity index (χ1n) is 43.1. The number of halogens is 2. The summed E-state index contributed by atoms with van der Waals surface area (Å²) in [6.45, 7) is 50.9. The summed E-state index contributed by atoms with van der Waals surface area (Å²) in [6, 6.07) is 62.9. The molecule has 0 fully saturated rings. The van der Waals surface area contributed by atoms with Gasteiger partial charge in [0, 0.05) is 82.5 Å². The number of esters is 6. The second kappa shape index (κ2) is 49.6. The molecule has 0 saturated heterocycles. The van der Waals surface area contributed by atoms with Crippen molar-refractivity contribution in [1.29, 1.82) is 0 Å². The molecule has 20 nitrogen and oxygen atoms in total. The third-order valence-electron chi connectivity index (χ3n) is 21.8. The first-order chi connectivity index (χ1) is 59.7. The van der Waals surface area contributed by atoms with E-state index in [-0.39, 0.29) is 105 Å². The zero-order chi connectivity index (χ0) is 95.7. The molecule has 10 rings (SSSR count). The topological polar surface area (TPSA) is 259 Å². The lowest BCUT2D eigenvalue weighted by molar-refractivity contribution is -0.688. The van der Waals surface area contributed by atoms with E-state index in [0.717, 1.165) is 39.9 Å². The lowest BCUT2D eigenvalue weighted by Gasteiger charge is -2.27. The van der Waals surface area contributed by atoms with Crippen LogP contribution in [-0.4, -0.2) is 84.3 Å². The van der Waals surface area contributed by atoms with E-state index in [1.807, 2.05) is 297 Å². The number of hydrogen-bond acceptors (Lipinski definition) is 14. The van der Waals surface area contributed by atoms with Crippen molar-refractivity contribution in [2.24, 2.45) is 44.0 Å². The minimum Gasteiger partial charge on any atom is -0.459 e. The quantitative estimate of drug-likeness (QED) is 0.0247. The van der Waals surface area contributed by atoms with Crippen LogP contribution < -0.4 is 29.7 Å². The summed E-state index contributed by atoms with van der Waals surface area (Å²) in [5.41, 5.74) is 20.4. The van der Waals surface area contributed by atoms with Gasteiger partial charge in [0.2, 0.25) is 11.8 Å². The summed E-state index contributed by atoms with van der Waals surface area (Å²) in [6.07, 6.45) is 14.3. The Kier molecular flexibility index (Phi) is 41.3. The van der Waals surface area contributed by atoms with Gasteiger partial charge in [-0.05, 0) is 152 Å². The molecule has 0 saturated carbocycles. The fraction of sp³-hybridized carbons (Fsp3) is 0.396. The van der Waals surface area contributed by atoms with Crippen molar-refractivity contribution in [2.75, 3.05) is 0 Å². The lowest BCUT2D eigenvalue weighted by atomic mass is 9.90. The Morgan fingerprint density at radius 2 is 0.516 bits per heavy atom. The molecule has 6 atom stereocenters. The summed E-state index contributed by atoms with van der Waals surface area (Å²) in [4.78, 5) is 95.2. The Labute approximate surface area is 769 Å². The number of amides is 2. The molecule has 4 N–H and O–H groups in total. The number of aromatic nitrogens is 4. The zero-order valence-electron chi connectivity index (χ0n) is 79.4. The number of nitrogens with two attached hydrogens (primary N) is 2. The van der Waals surface area contributed by atoms with Gasteiger partial charge in [-0.25, -0.2) is 47.0 Å². The minimum atomic E-state index is -0.454. The van der Waals surface area contributed by atoms with Crippen LogP contribution in [0.5, 0.6) is 0 Å². The van der Waals surface area contributed by atoms with Crippen LogP contribution in [0.15, 0.2) is 256 Å². The Balaban J connectivity index is 0.000000274. The van der Waals surface area contributed by atoms with Gasteiger partial charge in [0.05, 0.1) is 44.5 Å². The smallest absolute Gasteiger partial charge is 0.338 e. The SMILES string of the molecule is C[C@@H](OC(=O)c1ccc(CCl)cc1)C(C)(C)C.C[C@@H](OC(=O)c1ccc(C[n+]2ccc(C(N)=O)cc2)cc1)C(C)(C)C.C[C@@H](OC(=O)c1cccc(CCl)c1)C(C)(C)C.C[C@@H](OC(=O)c1cccc(C[n+]2ccc(C(N)=O)cc2)c1)C(C)(C)C.C[C@@H](OC(=O)c1cccc(C[n+]2ccccc2)c1)C(C)(C)C.C[C@@H](OC(=O)c1ccccc1C[n+]1ccccc1)C(C)(C)C. The highest BCUT2D eigenvalue weighted by atomic mass is 35.5. The molecule has 0 spiro atoms. The first-order valence-corrected chi connectivity index (χ1v) is 44.2.